The molecule has 0 heterocycles. The third kappa shape index (κ3) is 6.14. The zero-order valence-electron chi connectivity index (χ0n) is 11.2. The lowest BCUT2D eigenvalue weighted by Gasteiger charge is -2.32. The average molecular weight is 309 g/mol. The van der Waals surface area contributed by atoms with Gasteiger partial charge in [-0.05, 0) is 0 Å². The molecule has 0 aromatic heterocycles. The highest BCUT2D eigenvalue weighted by atomic mass is 16.4. The first-order valence-corrected chi connectivity index (χ1v) is 5.98. The summed E-state index contributed by atoms with van der Waals surface area (Å²) in [6, 6.07) is -1.61. The number of Topliss-reactive ketones (excluding diaryl/α,β-unsaturated/α-hetero) is 1. The maximum Gasteiger partial charge on any atom is 0.372 e. The van der Waals surface area contributed by atoms with Crippen molar-refractivity contribution in [2.24, 2.45) is 0 Å². The molecule has 1 amide bonds. The first-order chi connectivity index (χ1) is 9.61. The van der Waals surface area contributed by atoms with Gasteiger partial charge in [-0.1, -0.05) is 0 Å². The van der Waals surface area contributed by atoms with Gasteiger partial charge in [-0.25, -0.2) is 4.79 Å². The number of ketones is 1. The van der Waals surface area contributed by atoms with Gasteiger partial charge in [0, 0.05) is 13.3 Å². The molecule has 0 bridgehead atoms. The SMILES string of the molecule is CC(=O)N[C@@H](C(O)CC(=O)C(=O)O)[C@H](O)[C@@H](O)[C@@H](O)CO. The van der Waals surface area contributed by atoms with Crippen molar-refractivity contribution >= 4 is 17.7 Å². The fourth-order valence-electron chi connectivity index (χ4n) is 1.60. The van der Waals surface area contributed by atoms with Crippen molar-refractivity contribution in [3.05, 3.63) is 0 Å². The van der Waals surface area contributed by atoms with Crippen LogP contribution in [-0.4, -0.2) is 85.4 Å². The Labute approximate surface area is 119 Å². The quantitative estimate of drug-likeness (QED) is 0.208. The van der Waals surface area contributed by atoms with Crippen molar-refractivity contribution < 1.29 is 45.0 Å². The number of carboxylic acids is 1. The molecule has 7 N–H and O–H groups in total. The summed E-state index contributed by atoms with van der Waals surface area (Å²) in [5.74, 6) is -3.89. The van der Waals surface area contributed by atoms with Gasteiger partial charge in [0.15, 0.2) is 0 Å². The van der Waals surface area contributed by atoms with Crippen molar-refractivity contribution in [2.45, 2.75) is 43.8 Å². The van der Waals surface area contributed by atoms with Crippen molar-refractivity contribution in [2.75, 3.05) is 6.61 Å². The van der Waals surface area contributed by atoms with E-state index in [0.717, 1.165) is 6.92 Å². The molecule has 5 atom stereocenters. The summed E-state index contributed by atoms with van der Waals surface area (Å²) in [6.07, 6.45) is -8.35. The lowest BCUT2D eigenvalue weighted by molar-refractivity contribution is -0.151. The van der Waals surface area contributed by atoms with Crippen molar-refractivity contribution in [3.8, 4) is 0 Å². The van der Waals surface area contributed by atoms with Gasteiger partial charge in [-0.15, -0.1) is 0 Å². The molecule has 1 unspecified atom stereocenters. The van der Waals surface area contributed by atoms with Crippen LogP contribution in [0.4, 0.5) is 0 Å². The molecule has 122 valence electrons. The van der Waals surface area contributed by atoms with Crippen LogP contribution < -0.4 is 5.32 Å². The third-order valence-corrected chi connectivity index (χ3v) is 2.72. The molecule has 0 spiro atoms. The molecule has 0 aliphatic heterocycles. The van der Waals surface area contributed by atoms with E-state index in [4.69, 9.17) is 10.2 Å². The monoisotopic (exact) mass is 309 g/mol. The van der Waals surface area contributed by atoms with Crippen LogP contribution in [0.15, 0.2) is 0 Å². The maximum atomic E-state index is 11.0. The third-order valence-electron chi connectivity index (χ3n) is 2.72. The maximum absolute atomic E-state index is 11.0. The second-order valence-electron chi connectivity index (χ2n) is 4.46. The van der Waals surface area contributed by atoms with Crippen LogP contribution in [0.5, 0.6) is 0 Å². The summed E-state index contributed by atoms with van der Waals surface area (Å²) in [6.45, 7) is 0.134. The highest BCUT2D eigenvalue weighted by molar-refractivity contribution is 6.32. The summed E-state index contributed by atoms with van der Waals surface area (Å²) >= 11 is 0. The van der Waals surface area contributed by atoms with Gasteiger partial charge in [-0.2, -0.15) is 0 Å². The van der Waals surface area contributed by atoms with Crippen molar-refractivity contribution in [1.82, 2.24) is 5.32 Å². The molecule has 0 fully saturated rings. The highest BCUT2D eigenvalue weighted by Gasteiger charge is 2.37. The Hall–Kier alpha value is -1.59. The fraction of sp³-hybridized carbons (Fsp3) is 0.727. The van der Waals surface area contributed by atoms with E-state index in [2.05, 4.69) is 0 Å². The van der Waals surface area contributed by atoms with Crippen molar-refractivity contribution in [3.63, 3.8) is 0 Å². The van der Waals surface area contributed by atoms with Crippen LogP contribution >= 0.6 is 0 Å². The van der Waals surface area contributed by atoms with Crippen LogP contribution in [-0.2, 0) is 14.4 Å². The van der Waals surface area contributed by atoms with Crippen LogP contribution in [0.1, 0.15) is 13.3 Å². The number of hydrogen-bond donors (Lipinski definition) is 7. The molecule has 21 heavy (non-hydrogen) atoms. The Morgan fingerprint density at radius 1 is 1.00 bits per heavy atom. The van der Waals surface area contributed by atoms with Gasteiger partial charge in [-0.3, -0.25) is 9.59 Å². The van der Waals surface area contributed by atoms with Crippen LogP contribution in [0.2, 0.25) is 0 Å². The van der Waals surface area contributed by atoms with Gasteiger partial charge in [0.1, 0.15) is 18.3 Å². The Morgan fingerprint density at radius 2 is 1.52 bits per heavy atom. The molecular weight excluding hydrogens is 290 g/mol. The summed E-state index contributed by atoms with van der Waals surface area (Å²) in [7, 11) is 0. The lowest BCUT2D eigenvalue weighted by Crippen LogP contribution is -2.57. The first kappa shape index (κ1) is 19.4. The van der Waals surface area contributed by atoms with Gasteiger partial charge in [0.25, 0.3) is 0 Å². The Bertz CT molecular complexity index is 386. The second kappa shape index (κ2) is 8.64. The number of aliphatic carboxylic acids is 1. The molecule has 0 aliphatic carbocycles. The summed E-state index contributed by atoms with van der Waals surface area (Å²) in [4.78, 5) is 32.4. The van der Waals surface area contributed by atoms with Gasteiger partial charge in [0.05, 0.1) is 18.8 Å². The minimum Gasteiger partial charge on any atom is -0.475 e. The van der Waals surface area contributed by atoms with E-state index >= 15 is 0 Å². The number of amides is 1. The van der Waals surface area contributed by atoms with Gasteiger partial charge in [0.2, 0.25) is 11.7 Å². The number of carbonyl (C=O) groups excluding carboxylic acids is 2. The fourth-order valence-corrected chi connectivity index (χ4v) is 1.60. The number of nitrogens with one attached hydrogen (secondary N) is 1. The summed E-state index contributed by atoms with van der Waals surface area (Å²) in [5.41, 5.74) is 0. The number of aliphatic hydroxyl groups is 5. The van der Waals surface area contributed by atoms with E-state index in [1.54, 1.807) is 0 Å². The van der Waals surface area contributed by atoms with Crippen LogP contribution in [0, 0.1) is 0 Å². The minimum absolute atomic E-state index is 0.730. The molecule has 0 rings (SSSR count). The Kier molecular flexibility index (Phi) is 7.99. The molecule has 0 aliphatic rings. The smallest absolute Gasteiger partial charge is 0.372 e. The van der Waals surface area contributed by atoms with Crippen LogP contribution in [0.25, 0.3) is 0 Å². The van der Waals surface area contributed by atoms with E-state index in [0.29, 0.717) is 0 Å². The standard InChI is InChI=1S/C11H19NO9/c1-4(14)12-8(5(15)2-6(16)11(20)21)10(19)9(18)7(17)3-13/h5,7-10,13,15,17-19H,2-3H2,1H3,(H,12,14)(H,20,21)/t5?,7-,8-,9-,10-/m0/s1. The topological polar surface area (TPSA) is 185 Å². The number of carboxylic acid groups (broad SMARTS) is 1. The van der Waals surface area contributed by atoms with E-state index in [1.165, 1.54) is 0 Å². The molecule has 0 aromatic carbocycles. The molecule has 0 radical (unpaired) electrons. The van der Waals surface area contributed by atoms with E-state index in [-0.39, 0.29) is 0 Å². The summed E-state index contributed by atoms with van der Waals surface area (Å²) in [5, 5.41) is 57.4. The van der Waals surface area contributed by atoms with Crippen molar-refractivity contribution in [1.29, 1.82) is 0 Å². The zero-order valence-corrected chi connectivity index (χ0v) is 11.2. The molecular formula is C11H19NO9. The number of aliphatic hydroxyl groups excluding tert-OH is 5. The Morgan fingerprint density at radius 3 is 1.90 bits per heavy atom. The predicted molar refractivity (Wildman–Crippen MR) is 66.0 cm³/mol. The zero-order chi connectivity index (χ0) is 16.7. The van der Waals surface area contributed by atoms with E-state index in [9.17, 15) is 34.8 Å². The second-order valence-corrected chi connectivity index (χ2v) is 4.46. The van der Waals surface area contributed by atoms with Crippen LogP contribution in [0.3, 0.4) is 0 Å². The minimum atomic E-state index is -1.94. The first-order valence-electron chi connectivity index (χ1n) is 5.98. The van der Waals surface area contributed by atoms with Gasteiger partial charge < -0.3 is 36.0 Å². The lowest BCUT2D eigenvalue weighted by atomic mass is 9.94. The molecule has 10 nitrogen and oxygen atoms in total. The average Bonchev–Trinajstić information content (AvgIpc) is 2.41. The normalized spacial score (nSPS) is 18.2. The molecule has 10 heteroatoms. The Balaban J connectivity index is 5.04. The van der Waals surface area contributed by atoms with E-state index in [1.807, 2.05) is 5.32 Å². The molecule has 0 saturated carbocycles. The van der Waals surface area contributed by atoms with Gasteiger partial charge >= 0.3 is 5.97 Å². The number of carbonyl (C=O) groups is 3. The van der Waals surface area contributed by atoms with E-state index < -0.39 is 61.1 Å². The predicted octanol–water partition coefficient (Wildman–Crippen LogP) is -4.03. The summed E-state index contributed by atoms with van der Waals surface area (Å²) < 4.78 is 0. The highest BCUT2D eigenvalue weighted by Crippen LogP contribution is 2.11. The molecule has 0 aromatic rings. The molecule has 0 saturated heterocycles. The largest absolute Gasteiger partial charge is 0.475 e. The number of rotatable bonds is 9. The number of hydrogen-bond acceptors (Lipinski definition) is 8.